The van der Waals surface area contributed by atoms with Crippen LogP contribution in [0.1, 0.15) is 64.8 Å². The Kier molecular flexibility index (Phi) is 5.99. The summed E-state index contributed by atoms with van der Waals surface area (Å²) < 4.78 is 6.12. The molecule has 1 aliphatic rings. The van der Waals surface area contributed by atoms with Gasteiger partial charge in [-0.05, 0) is 75.1 Å². The second-order valence-corrected chi connectivity index (χ2v) is 10.9. The summed E-state index contributed by atoms with van der Waals surface area (Å²) in [5, 5.41) is 11.3. The lowest BCUT2D eigenvalue weighted by atomic mass is 9.82. The molecule has 1 atom stereocenters. The quantitative estimate of drug-likeness (QED) is 0.492. The lowest BCUT2D eigenvalue weighted by Gasteiger charge is -2.41. The van der Waals surface area contributed by atoms with Gasteiger partial charge in [0.15, 0.2) is 6.10 Å². The van der Waals surface area contributed by atoms with Crippen molar-refractivity contribution in [1.82, 2.24) is 9.97 Å². The molecule has 176 valence electrons. The number of aryl methyl sites for hydroxylation is 1. The maximum Gasteiger partial charge on any atom is 0.337 e. The van der Waals surface area contributed by atoms with Gasteiger partial charge in [0.2, 0.25) is 0 Å². The fourth-order valence-electron chi connectivity index (χ4n) is 4.62. The Bertz CT molecular complexity index is 1160. The third kappa shape index (κ3) is 4.91. The number of hydrogen-bond donors (Lipinski definition) is 2. The molecule has 6 heteroatoms. The third-order valence-electron chi connectivity index (χ3n) is 6.54. The van der Waals surface area contributed by atoms with E-state index >= 15 is 0 Å². The van der Waals surface area contributed by atoms with Crippen molar-refractivity contribution in [2.24, 2.45) is 5.41 Å². The second kappa shape index (κ2) is 8.49. The lowest BCUT2D eigenvalue weighted by Crippen LogP contribution is -2.39. The molecule has 0 saturated carbocycles. The van der Waals surface area contributed by atoms with Gasteiger partial charge in [-0.3, -0.25) is 4.98 Å². The average molecular weight is 450 g/mol. The number of carbonyl (C=O) groups is 1. The maximum absolute atomic E-state index is 12.5. The van der Waals surface area contributed by atoms with Gasteiger partial charge in [-0.15, -0.1) is 0 Å². The first-order chi connectivity index (χ1) is 15.5. The Hall–Kier alpha value is -2.86. The van der Waals surface area contributed by atoms with E-state index in [9.17, 15) is 9.90 Å². The Labute approximate surface area is 196 Å². The normalized spacial score (nSPS) is 17.3. The van der Waals surface area contributed by atoms with Crippen LogP contribution in [0.25, 0.3) is 22.0 Å². The molecular weight excluding hydrogens is 414 g/mol. The number of piperidine rings is 1. The molecule has 33 heavy (non-hydrogen) atoms. The molecule has 0 bridgehead atoms. The highest BCUT2D eigenvalue weighted by molar-refractivity contribution is 5.91. The highest BCUT2D eigenvalue weighted by Crippen LogP contribution is 2.43. The summed E-state index contributed by atoms with van der Waals surface area (Å²) in [6.45, 7) is 13.9. The molecule has 0 radical (unpaired) electrons. The summed E-state index contributed by atoms with van der Waals surface area (Å²) in [6, 6.07) is 8.33. The molecule has 6 nitrogen and oxygen atoms in total. The number of aromatic nitrogens is 2. The zero-order chi connectivity index (χ0) is 24.0. The number of carboxylic acids is 1. The van der Waals surface area contributed by atoms with Crippen LogP contribution in [0.2, 0.25) is 0 Å². The monoisotopic (exact) mass is 449 g/mol. The van der Waals surface area contributed by atoms with E-state index in [0.717, 1.165) is 53.6 Å². The van der Waals surface area contributed by atoms with Gasteiger partial charge in [0.05, 0.1) is 11.3 Å². The van der Waals surface area contributed by atoms with Gasteiger partial charge in [-0.1, -0.05) is 19.9 Å². The molecule has 1 aromatic carbocycles. The minimum Gasteiger partial charge on any atom is -0.479 e. The summed E-state index contributed by atoms with van der Waals surface area (Å²) in [5.41, 5.74) is 4.98. The number of benzene rings is 1. The Morgan fingerprint density at radius 1 is 1.21 bits per heavy atom. The van der Waals surface area contributed by atoms with E-state index in [4.69, 9.17) is 4.74 Å². The molecular formula is C27H35N3O3. The average Bonchev–Trinajstić information content (AvgIpc) is 3.19. The number of aromatic amines is 1. The zero-order valence-corrected chi connectivity index (χ0v) is 20.5. The topological polar surface area (TPSA) is 78.5 Å². The first kappa shape index (κ1) is 23.3. The molecule has 2 N–H and O–H groups in total. The fraction of sp³-hybridized carbons (Fsp3) is 0.481. The number of nitrogens with one attached hydrogen (secondary N) is 1. The van der Waals surface area contributed by atoms with Crippen molar-refractivity contribution in [2.75, 3.05) is 18.0 Å². The van der Waals surface area contributed by atoms with Crippen LogP contribution in [0.15, 0.2) is 36.7 Å². The van der Waals surface area contributed by atoms with Gasteiger partial charge in [0.25, 0.3) is 0 Å². The molecule has 0 aliphatic carbocycles. The van der Waals surface area contributed by atoms with Crippen molar-refractivity contribution >= 4 is 22.6 Å². The Morgan fingerprint density at radius 2 is 1.91 bits per heavy atom. The number of H-pyrrole nitrogens is 1. The smallest absolute Gasteiger partial charge is 0.337 e. The second-order valence-electron chi connectivity index (χ2n) is 10.9. The van der Waals surface area contributed by atoms with E-state index in [1.54, 1.807) is 0 Å². The predicted octanol–water partition coefficient (Wildman–Crippen LogP) is 6.11. The van der Waals surface area contributed by atoms with Gasteiger partial charge in [0, 0.05) is 47.8 Å². The molecule has 4 rings (SSSR count). The van der Waals surface area contributed by atoms with E-state index < -0.39 is 17.7 Å². The number of nitrogens with zero attached hydrogens (tertiary/aromatic N) is 2. The van der Waals surface area contributed by atoms with Crippen LogP contribution in [0, 0.1) is 12.3 Å². The third-order valence-corrected chi connectivity index (χ3v) is 6.54. The van der Waals surface area contributed by atoms with Crippen LogP contribution in [-0.2, 0) is 9.53 Å². The van der Waals surface area contributed by atoms with E-state index in [2.05, 4.69) is 46.9 Å². The largest absolute Gasteiger partial charge is 0.479 e. The van der Waals surface area contributed by atoms with Gasteiger partial charge in [0.1, 0.15) is 0 Å². The molecule has 1 unspecified atom stereocenters. The summed E-state index contributed by atoms with van der Waals surface area (Å²) in [5.74, 6) is -0.994. The van der Waals surface area contributed by atoms with Gasteiger partial charge in [-0.25, -0.2) is 4.79 Å². The van der Waals surface area contributed by atoms with Crippen LogP contribution < -0.4 is 4.90 Å². The number of ether oxygens (including phenoxy) is 1. The van der Waals surface area contributed by atoms with E-state index in [-0.39, 0.29) is 5.41 Å². The first-order valence-corrected chi connectivity index (χ1v) is 11.7. The Morgan fingerprint density at radius 3 is 2.55 bits per heavy atom. The predicted molar refractivity (Wildman–Crippen MR) is 133 cm³/mol. The van der Waals surface area contributed by atoms with Crippen LogP contribution in [0.5, 0.6) is 0 Å². The summed E-state index contributed by atoms with van der Waals surface area (Å²) in [4.78, 5) is 22.7. The molecule has 2 aromatic heterocycles. The summed E-state index contributed by atoms with van der Waals surface area (Å²) in [7, 11) is 0. The molecule has 1 fully saturated rings. The minimum absolute atomic E-state index is 0.275. The number of carboxylic acid groups (broad SMARTS) is 1. The molecule has 3 heterocycles. The minimum atomic E-state index is -1.10. The van der Waals surface area contributed by atoms with Crippen molar-refractivity contribution in [3.8, 4) is 11.1 Å². The molecule has 1 aliphatic heterocycles. The number of pyridine rings is 1. The van der Waals surface area contributed by atoms with Crippen molar-refractivity contribution < 1.29 is 14.6 Å². The zero-order valence-electron chi connectivity index (χ0n) is 20.5. The van der Waals surface area contributed by atoms with Crippen LogP contribution >= 0.6 is 0 Å². The van der Waals surface area contributed by atoms with Crippen LogP contribution in [-0.4, -0.2) is 39.7 Å². The first-order valence-electron chi connectivity index (χ1n) is 11.7. The van der Waals surface area contributed by atoms with Crippen molar-refractivity contribution in [2.45, 2.75) is 66.1 Å². The van der Waals surface area contributed by atoms with Gasteiger partial charge < -0.3 is 19.7 Å². The molecule has 1 saturated heterocycles. The Balaban J connectivity index is 1.93. The molecule has 0 spiro atoms. The lowest BCUT2D eigenvalue weighted by molar-refractivity contribution is -0.160. The SMILES string of the molecule is Cc1ncc(-c2ccc3[nH]ccc3c2)c(N2CCC(C)(C)CC2)c1C(OC(C)(C)C)C(=O)O. The molecule has 3 aromatic rings. The number of anilines is 1. The number of hydrogen-bond acceptors (Lipinski definition) is 4. The fourth-order valence-corrected chi connectivity index (χ4v) is 4.62. The summed E-state index contributed by atoms with van der Waals surface area (Å²) >= 11 is 0. The highest BCUT2D eigenvalue weighted by atomic mass is 16.5. The number of aliphatic carboxylic acids is 1. The van der Waals surface area contributed by atoms with Crippen molar-refractivity contribution in [3.63, 3.8) is 0 Å². The standard InChI is InChI=1S/C27H35N3O3/c1-17-22(24(25(31)32)33-26(2,3)4)23(30-13-10-27(5,6)11-14-30)20(16-29-17)18-7-8-21-19(15-18)9-12-28-21/h7-9,12,15-16,24,28H,10-11,13-14H2,1-6H3,(H,31,32). The number of rotatable bonds is 5. The van der Waals surface area contributed by atoms with Crippen LogP contribution in [0.4, 0.5) is 5.69 Å². The summed E-state index contributed by atoms with van der Waals surface area (Å²) in [6.07, 6.45) is 4.80. The molecule has 0 amide bonds. The maximum atomic E-state index is 12.5. The van der Waals surface area contributed by atoms with E-state index in [1.807, 2.05) is 46.2 Å². The van der Waals surface area contributed by atoms with Crippen LogP contribution in [0.3, 0.4) is 0 Å². The van der Waals surface area contributed by atoms with Gasteiger partial charge in [-0.2, -0.15) is 0 Å². The highest BCUT2D eigenvalue weighted by Gasteiger charge is 2.35. The van der Waals surface area contributed by atoms with Crippen molar-refractivity contribution in [3.05, 3.63) is 47.9 Å². The number of fused-ring (bicyclic) bond motifs is 1. The van der Waals surface area contributed by atoms with E-state index in [0.29, 0.717) is 11.3 Å². The van der Waals surface area contributed by atoms with Gasteiger partial charge >= 0.3 is 5.97 Å². The van der Waals surface area contributed by atoms with E-state index in [1.165, 1.54) is 0 Å². The van der Waals surface area contributed by atoms with Crippen molar-refractivity contribution in [1.29, 1.82) is 0 Å².